The summed E-state index contributed by atoms with van der Waals surface area (Å²) < 4.78 is 8.81. The van der Waals surface area contributed by atoms with Crippen molar-refractivity contribution in [3.63, 3.8) is 0 Å². The number of pyridine rings is 1. The molecular formula is C19H19BrN6O. The standard InChI is InChI=1S/C19H19BrN6O/c1-12-6-7-22-19(24-12)25-15-2-4-16(5-3-15)27-17-8-14(20)11-26-18(17)13(9-21)10-23-26/h6-8,10-11,15-16H,2-5H2,1H3,(H,22,24,25). The number of anilines is 1. The number of hydrogen-bond donors (Lipinski definition) is 1. The number of ether oxygens (including phenoxy) is 1. The average Bonchev–Trinajstić information content (AvgIpc) is 3.06. The zero-order chi connectivity index (χ0) is 18.8. The number of hydrogen-bond acceptors (Lipinski definition) is 6. The Morgan fingerprint density at radius 3 is 2.89 bits per heavy atom. The molecule has 0 aliphatic heterocycles. The number of nitrogens with one attached hydrogen (secondary N) is 1. The Labute approximate surface area is 165 Å². The number of aromatic nitrogens is 4. The molecule has 0 radical (unpaired) electrons. The third-order valence-corrected chi connectivity index (χ3v) is 5.19. The summed E-state index contributed by atoms with van der Waals surface area (Å²) in [5, 5.41) is 17.0. The van der Waals surface area contributed by atoms with Crippen LogP contribution in [0.15, 0.2) is 35.2 Å². The van der Waals surface area contributed by atoms with E-state index in [9.17, 15) is 5.26 Å². The summed E-state index contributed by atoms with van der Waals surface area (Å²) in [6, 6.07) is 6.32. The van der Waals surface area contributed by atoms with Crippen LogP contribution in [0, 0.1) is 18.3 Å². The lowest BCUT2D eigenvalue weighted by Gasteiger charge is -2.29. The van der Waals surface area contributed by atoms with E-state index in [0.29, 0.717) is 28.8 Å². The minimum absolute atomic E-state index is 0.112. The van der Waals surface area contributed by atoms with Gasteiger partial charge < -0.3 is 10.1 Å². The lowest BCUT2D eigenvalue weighted by Crippen LogP contribution is -2.31. The van der Waals surface area contributed by atoms with E-state index in [-0.39, 0.29) is 6.10 Å². The smallest absolute Gasteiger partial charge is 0.223 e. The minimum atomic E-state index is 0.112. The average molecular weight is 427 g/mol. The minimum Gasteiger partial charge on any atom is -0.488 e. The van der Waals surface area contributed by atoms with Gasteiger partial charge in [0.15, 0.2) is 0 Å². The first-order chi connectivity index (χ1) is 13.1. The van der Waals surface area contributed by atoms with Gasteiger partial charge in [0.25, 0.3) is 0 Å². The summed E-state index contributed by atoms with van der Waals surface area (Å²) in [7, 11) is 0. The molecule has 0 bridgehead atoms. The highest BCUT2D eigenvalue weighted by Crippen LogP contribution is 2.31. The van der Waals surface area contributed by atoms with Crippen LogP contribution in [-0.4, -0.2) is 31.7 Å². The highest BCUT2D eigenvalue weighted by atomic mass is 79.9. The molecule has 1 N–H and O–H groups in total. The molecule has 0 saturated heterocycles. The number of nitrogens with zero attached hydrogens (tertiary/aromatic N) is 5. The zero-order valence-electron chi connectivity index (χ0n) is 14.9. The van der Waals surface area contributed by atoms with Crippen molar-refractivity contribution < 1.29 is 4.74 Å². The van der Waals surface area contributed by atoms with Gasteiger partial charge in [-0.25, -0.2) is 14.5 Å². The first-order valence-electron chi connectivity index (χ1n) is 8.92. The van der Waals surface area contributed by atoms with Gasteiger partial charge in [-0.2, -0.15) is 10.4 Å². The fraction of sp³-hybridized carbons (Fsp3) is 0.368. The van der Waals surface area contributed by atoms with Crippen molar-refractivity contribution in [2.45, 2.75) is 44.8 Å². The zero-order valence-corrected chi connectivity index (χ0v) is 16.5. The van der Waals surface area contributed by atoms with Gasteiger partial charge in [-0.15, -0.1) is 0 Å². The molecule has 3 aromatic heterocycles. The molecule has 1 aliphatic carbocycles. The van der Waals surface area contributed by atoms with Crippen LogP contribution in [0.25, 0.3) is 5.52 Å². The molecule has 4 rings (SSSR count). The van der Waals surface area contributed by atoms with Crippen LogP contribution in [0.4, 0.5) is 5.95 Å². The molecular weight excluding hydrogens is 408 g/mol. The summed E-state index contributed by atoms with van der Waals surface area (Å²) in [6.07, 6.45) is 9.10. The van der Waals surface area contributed by atoms with Crippen molar-refractivity contribution in [1.82, 2.24) is 19.6 Å². The summed E-state index contributed by atoms with van der Waals surface area (Å²) in [6.45, 7) is 1.96. The Hall–Kier alpha value is -2.66. The lowest BCUT2D eigenvalue weighted by molar-refractivity contribution is 0.151. The van der Waals surface area contributed by atoms with E-state index in [4.69, 9.17) is 4.74 Å². The summed E-state index contributed by atoms with van der Waals surface area (Å²) in [5.74, 6) is 1.38. The van der Waals surface area contributed by atoms with Crippen LogP contribution < -0.4 is 10.1 Å². The summed E-state index contributed by atoms with van der Waals surface area (Å²) >= 11 is 3.48. The molecule has 1 saturated carbocycles. The van der Waals surface area contributed by atoms with Crippen molar-refractivity contribution in [2.24, 2.45) is 0 Å². The predicted molar refractivity (Wildman–Crippen MR) is 105 cm³/mol. The summed E-state index contributed by atoms with van der Waals surface area (Å²) in [5.41, 5.74) is 2.19. The Morgan fingerprint density at radius 1 is 1.33 bits per heavy atom. The monoisotopic (exact) mass is 426 g/mol. The predicted octanol–water partition coefficient (Wildman–Crippen LogP) is 3.87. The third kappa shape index (κ3) is 3.88. The van der Waals surface area contributed by atoms with Crippen molar-refractivity contribution >= 4 is 27.4 Å². The highest BCUT2D eigenvalue weighted by Gasteiger charge is 2.24. The first-order valence-corrected chi connectivity index (χ1v) is 9.71. The molecule has 7 nitrogen and oxygen atoms in total. The van der Waals surface area contributed by atoms with Gasteiger partial charge in [0.2, 0.25) is 5.95 Å². The van der Waals surface area contributed by atoms with Gasteiger partial charge >= 0.3 is 0 Å². The SMILES string of the molecule is Cc1ccnc(NC2CCC(Oc3cc(Br)cn4ncc(C#N)c34)CC2)n1. The molecule has 1 aliphatic rings. The highest BCUT2D eigenvalue weighted by molar-refractivity contribution is 9.10. The van der Waals surface area contributed by atoms with E-state index in [1.54, 1.807) is 16.9 Å². The van der Waals surface area contributed by atoms with Crippen molar-refractivity contribution in [3.05, 3.63) is 46.5 Å². The van der Waals surface area contributed by atoms with E-state index >= 15 is 0 Å². The van der Waals surface area contributed by atoms with Gasteiger partial charge in [-0.1, -0.05) is 0 Å². The molecule has 0 amide bonds. The van der Waals surface area contributed by atoms with Crippen LogP contribution in [0.3, 0.4) is 0 Å². The van der Waals surface area contributed by atoms with E-state index in [1.165, 1.54) is 0 Å². The van der Waals surface area contributed by atoms with Crippen LogP contribution >= 0.6 is 15.9 Å². The van der Waals surface area contributed by atoms with Crippen LogP contribution in [0.2, 0.25) is 0 Å². The van der Waals surface area contributed by atoms with E-state index in [0.717, 1.165) is 35.8 Å². The van der Waals surface area contributed by atoms with Gasteiger partial charge in [-0.05, 0) is 60.7 Å². The van der Waals surface area contributed by atoms with Gasteiger partial charge in [0, 0.05) is 28.6 Å². The van der Waals surface area contributed by atoms with Gasteiger partial charge in [0.1, 0.15) is 22.9 Å². The second-order valence-corrected chi connectivity index (χ2v) is 7.66. The molecule has 138 valence electrons. The van der Waals surface area contributed by atoms with Crippen molar-refractivity contribution in [2.75, 3.05) is 5.32 Å². The van der Waals surface area contributed by atoms with E-state index in [1.807, 2.05) is 25.3 Å². The Morgan fingerprint density at radius 2 is 2.15 bits per heavy atom. The number of rotatable bonds is 4. The largest absolute Gasteiger partial charge is 0.488 e. The van der Waals surface area contributed by atoms with Crippen molar-refractivity contribution in [1.29, 1.82) is 5.26 Å². The fourth-order valence-electron chi connectivity index (χ4n) is 3.43. The number of nitriles is 1. The van der Waals surface area contributed by atoms with Crippen LogP contribution in [0.1, 0.15) is 36.9 Å². The molecule has 0 aromatic carbocycles. The Bertz CT molecular complexity index is 1000. The van der Waals surface area contributed by atoms with Crippen LogP contribution in [0.5, 0.6) is 5.75 Å². The molecule has 3 heterocycles. The number of fused-ring (bicyclic) bond motifs is 1. The second kappa shape index (κ2) is 7.53. The second-order valence-electron chi connectivity index (χ2n) is 6.74. The fourth-order valence-corrected chi connectivity index (χ4v) is 3.83. The molecule has 8 heteroatoms. The maximum Gasteiger partial charge on any atom is 0.223 e. The number of halogens is 1. The van der Waals surface area contributed by atoms with Gasteiger partial charge in [-0.3, -0.25) is 0 Å². The Kier molecular flexibility index (Phi) is 4.94. The van der Waals surface area contributed by atoms with Gasteiger partial charge in [0.05, 0.1) is 12.3 Å². The number of aryl methyl sites for hydroxylation is 1. The third-order valence-electron chi connectivity index (χ3n) is 4.76. The van der Waals surface area contributed by atoms with E-state index < -0.39 is 0 Å². The molecule has 27 heavy (non-hydrogen) atoms. The molecule has 1 fully saturated rings. The molecule has 0 unspecified atom stereocenters. The van der Waals surface area contributed by atoms with Crippen molar-refractivity contribution in [3.8, 4) is 11.8 Å². The molecule has 0 spiro atoms. The summed E-state index contributed by atoms with van der Waals surface area (Å²) in [4.78, 5) is 8.69. The van der Waals surface area contributed by atoms with E-state index in [2.05, 4.69) is 42.4 Å². The lowest BCUT2D eigenvalue weighted by atomic mass is 9.93. The maximum absolute atomic E-state index is 9.33. The topological polar surface area (TPSA) is 88.1 Å². The maximum atomic E-state index is 9.33. The van der Waals surface area contributed by atoms with Crippen LogP contribution in [-0.2, 0) is 0 Å². The normalized spacial score (nSPS) is 19.6. The molecule has 0 atom stereocenters. The molecule has 3 aromatic rings. The Balaban J connectivity index is 1.43. The quantitative estimate of drug-likeness (QED) is 0.680. The first kappa shape index (κ1) is 17.7.